The van der Waals surface area contributed by atoms with Gasteiger partial charge in [-0.05, 0) is 18.6 Å². The number of pyridine rings is 1. The van der Waals surface area contributed by atoms with Crippen LogP contribution in [-0.2, 0) is 4.74 Å². The lowest BCUT2D eigenvalue weighted by Crippen LogP contribution is -2.36. The van der Waals surface area contributed by atoms with E-state index in [1.165, 1.54) is 0 Å². The molecule has 6 heteroatoms. The average Bonchev–Trinajstić information content (AvgIpc) is 2.78. The summed E-state index contributed by atoms with van der Waals surface area (Å²) in [5, 5.41) is 10.1. The van der Waals surface area contributed by atoms with E-state index in [1.54, 1.807) is 6.20 Å². The second kappa shape index (κ2) is 4.55. The standard InChI is InChI=1S/C13H15N3O3/c1-8-9-2-3-14-12(16-4-6-19-7-5-16)11(9)15-10(8)13(17)18/h2-3,15H,4-7H2,1H3,(H,17,18). The highest BCUT2D eigenvalue weighted by Gasteiger charge is 2.20. The summed E-state index contributed by atoms with van der Waals surface area (Å²) in [6.07, 6.45) is 1.72. The predicted octanol–water partition coefficient (Wildman–Crippen LogP) is 1.41. The Bertz CT molecular complexity index is 629. The van der Waals surface area contributed by atoms with Crippen LogP contribution in [-0.4, -0.2) is 47.3 Å². The van der Waals surface area contributed by atoms with Crippen LogP contribution in [0.2, 0.25) is 0 Å². The van der Waals surface area contributed by atoms with Crippen LogP contribution in [0.1, 0.15) is 16.1 Å². The minimum Gasteiger partial charge on any atom is -0.477 e. The van der Waals surface area contributed by atoms with Gasteiger partial charge in [-0.15, -0.1) is 0 Å². The first-order chi connectivity index (χ1) is 9.18. The Morgan fingerprint density at radius 3 is 2.89 bits per heavy atom. The molecule has 0 amide bonds. The van der Waals surface area contributed by atoms with Gasteiger partial charge in [-0.25, -0.2) is 9.78 Å². The van der Waals surface area contributed by atoms with Gasteiger partial charge in [-0.1, -0.05) is 0 Å². The molecule has 3 rings (SSSR count). The van der Waals surface area contributed by atoms with E-state index in [0.717, 1.165) is 35.4 Å². The summed E-state index contributed by atoms with van der Waals surface area (Å²) in [6.45, 7) is 4.69. The normalized spacial score (nSPS) is 15.9. The number of carboxylic acids is 1. The van der Waals surface area contributed by atoms with Crippen LogP contribution in [0.3, 0.4) is 0 Å². The maximum absolute atomic E-state index is 11.2. The summed E-state index contributed by atoms with van der Waals surface area (Å²) in [7, 11) is 0. The second-order valence-electron chi connectivity index (χ2n) is 4.59. The minimum atomic E-state index is -0.943. The summed E-state index contributed by atoms with van der Waals surface area (Å²) >= 11 is 0. The number of aryl methyl sites for hydroxylation is 1. The molecule has 0 unspecified atom stereocenters. The Hall–Kier alpha value is -2.08. The van der Waals surface area contributed by atoms with Gasteiger partial charge < -0.3 is 19.7 Å². The summed E-state index contributed by atoms with van der Waals surface area (Å²) in [5.41, 5.74) is 1.77. The molecule has 100 valence electrons. The van der Waals surface area contributed by atoms with Crippen LogP contribution in [0.4, 0.5) is 5.82 Å². The number of carbonyl (C=O) groups is 1. The number of fused-ring (bicyclic) bond motifs is 1. The van der Waals surface area contributed by atoms with Crippen LogP contribution in [0, 0.1) is 6.92 Å². The molecule has 1 aliphatic heterocycles. The van der Waals surface area contributed by atoms with Gasteiger partial charge in [-0.2, -0.15) is 0 Å². The number of hydrogen-bond donors (Lipinski definition) is 2. The first-order valence-corrected chi connectivity index (χ1v) is 6.21. The fraction of sp³-hybridized carbons (Fsp3) is 0.385. The van der Waals surface area contributed by atoms with Crippen LogP contribution in [0.25, 0.3) is 10.9 Å². The van der Waals surface area contributed by atoms with E-state index in [4.69, 9.17) is 4.74 Å². The number of nitrogens with zero attached hydrogens (tertiary/aromatic N) is 2. The Morgan fingerprint density at radius 2 is 2.21 bits per heavy atom. The maximum Gasteiger partial charge on any atom is 0.352 e. The molecule has 2 aromatic heterocycles. The van der Waals surface area contributed by atoms with Crippen molar-refractivity contribution in [1.82, 2.24) is 9.97 Å². The van der Waals surface area contributed by atoms with Crippen molar-refractivity contribution in [3.05, 3.63) is 23.5 Å². The molecule has 1 saturated heterocycles. The highest BCUT2D eigenvalue weighted by Crippen LogP contribution is 2.28. The number of ether oxygens (including phenoxy) is 1. The molecule has 0 bridgehead atoms. The van der Waals surface area contributed by atoms with Crippen LogP contribution < -0.4 is 4.90 Å². The molecule has 19 heavy (non-hydrogen) atoms. The minimum absolute atomic E-state index is 0.234. The summed E-state index contributed by atoms with van der Waals surface area (Å²) in [6, 6.07) is 1.84. The van der Waals surface area contributed by atoms with Gasteiger partial charge in [0.1, 0.15) is 5.69 Å². The van der Waals surface area contributed by atoms with Crippen molar-refractivity contribution in [2.45, 2.75) is 6.92 Å². The number of H-pyrrole nitrogens is 1. The number of carboxylic acid groups (broad SMARTS) is 1. The number of anilines is 1. The fourth-order valence-electron chi connectivity index (χ4n) is 2.47. The molecule has 1 fully saturated rings. The van der Waals surface area contributed by atoms with Crippen molar-refractivity contribution >= 4 is 22.7 Å². The number of aromatic carboxylic acids is 1. The zero-order valence-corrected chi connectivity index (χ0v) is 10.6. The molecule has 1 aliphatic rings. The van der Waals surface area contributed by atoms with E-state index in [0.29, 0.717) is 13.2 Å². The fourth-order valence-corrected chi connectivity index (χ4v) is 2.47. The van der Waals surface area contributed by atoms with Gasteiger partial charge >= 0.3 is 5.97 Å². The molecular weight excluding hydrogens is 246 g/mol. The molecule has 0 saturated carbocycles. The first-order valence-electron chi connectivity index (χ1n) is 6.21. The summed E-state index contributed by atoms with van der Waals surface area (Å²) < 4.78 is 5.33. The molecule has 0 aromatic carbocycles. The number of hydrogen-bond acceptors (Lipinski definition) is 4. The second-order valence-corrected chi connectivity index (χ2v) is 4.59. The Kier molecular flexibility index (Phi) is 2.87. The van der Waals surface area contributed by atoms with Crippen LogP contribution in [0.5, 0.6) is 0 Å². The zero-order valence-electron chi connectivity index (χ0n) is 10.6. The van der Waals surface area contributed by atoms with Gasteiger partial charge in [0, 0.05) is 24.7 Å². The molecule has 2 aromatic rings. The number of nitrogens with one attached hydrogen (secondary N) is 1. The molecule has 6 nitrogen and oxygen atoms in total. The van der Waals surface area contributed by atoms with Crippen molar-refractivity contribution < 1.29 is 14.6 Å². The SMILES string of the molecule is Cc1c(C(=O)O)[nH]c2c(N3CCOCC3)nccc12. The quantitative estimate of drug-likeness (QED) is 0.854. The zero-order chi connectivity index (χ0) is 13.4. The molecule has 0 radical (unpaired) electrons. The van der Waals surface area contributed by atoms with Gasteiger partial charge in [0.05, 0.1) is 18.7 Å². The van der Waals surface area contributed by atoms with E-state index in [2.05, 4.69) is 14.9 Å². The van der Waals surface area contributed by atoms with E-state index in [1.807, 2.05) is 13.0 Å². The molecule has 0 spiro atoms. The number of aromatic nitrogens is 2. The van der Waals surface area contributed by atoms with Gasteiger partial charge in [0.15, 0.2) is 5.82 Å². The van der Waals surface area contributed by atoms with Crippen molar-refractivity contribution in [3.8, 4) is 0 Å². The molecule has 0 aliphatic carbocycles. The van der Waals surface area contributed by atoms with Crippen molar-refractivity contribution in [3.63, 3.8) is 0 Å². The first kappa shape index (κ1) is 12.0. The summed E-state index contributed by atoms with van der Waals surface area (Å²) in [4.78, 5) is 20.7. The molecular formula is C13H15N3O3. The highest BCUT2D eigenvalue weighted by molar-refractivity contribution is 6.00. The lowest BCUT2D eigenvalue weighted by molar-refractivity contribution is 0.0690. The largest absolute Gasteiger partial charge is 0.477 e. The molecule has 0 atom stereocenters. The van der Waals surface area contributed by atoms with Gasteiger partial charge in [-0.3, -0.25) is 0 Å². The topological polar surface area (TPSA) is 78.5 Å². The lowest BCUT2D eigenvalue weighted by atomic mass is 10.2. The average molecular weight is 261 g/mol. The van der Waals surface area contributed by atoms with Crippen LogP contribution >= 0.6 is 0 Å². The Morgan fingerprint density at radius 1 is 1.47 bits per heavy atom. The smallest absolute Gasteiger partial charge is 0.352 e. The Labute approximate surface area is 110 Å². The lowest BCUT2D eigenvalue weighted by Gasteiger charge is -2.28. The number of morpholine rings is 1. The molecule has 2 N–H and O–H groups in total. The molecule has 3 heterocycles. The third kappa shape index (κ3) is 1.94. The highest BCUT2D eigenvalue weighted by atomic mass is 16.5. The van der Waals surface area contributed by atoms with Crippen LogP contribution in [0.15, 0.2) is 12.3 Å². The third-order valence-corrected chi connectivity index (χ3v) is 3.48. The van der Waals surface area contributed by atoms with E-state index in [-0.39, 0.29) is 5.69 Å². The van der Waals surface area contributed by atoms with E-state index < -0.39 is 5.97 Å². The van der Waals surface area contributed by atoms with Crippen molar-refractivity contribution in [2.24, 2.45) is 0 Å². The van der Waals surface area contributed by atoms with Gasteiger partial charge in [0.2, 0.25) is 0 Å². The number of rotatable bonds is 2. The number of aromatic amines is 1. The third-order valence-electron chi connectivity index (χ3n) is 3.48. The van der Waals surface area contributed by atoms with E-state index >= 15 is 0 Å². The Balaban J connectivity index is 2.14. The van der Waals surface area contributed by atoms with E-state index in [9.17, 15) is 9.90 Å². The predicted molar refractivity (Wildman–Crippen MR) is 70.8 cm³/mol. The monoisotopic (exact) mass is 261 g/mol. The van der Waals surface area contributed by atoms with Gasteiger partial charge in [0.25, 0.3) is 0 Å². The van der Waals surface area contributed by atoms with Crippen molar-refractivity contribution in [2.75, 3.05) is 31.2 Å². The van der Waals surface area contributed by atoms with Crippen molar-refractivity contribution in [1.29, 1.82) is 0 Å². The summed E-state index contributed by atoms with van der Waals surface area (Å²) in [5.74, 6) is -0.141. The maximum atomic E-state index is 11.2.